The highest BCUT2D eigenvalue weighted by atomic mass is 19.3. The number of hydrogen-bond donors (Lipinski definition) is 0. The van der Waals surface area contributed by atoms with Gasteiger partial charge in [-0.3, -0.25) is 0 Å². The summed E-state index contributed by atoms with van der Waals surface area (Å²) < 4.78 is 41.6. The van der Waals surface area contributed by atoms with E-state index in [4.69, 9.17) is 0 Å². The standard InChI is InChI=1S/C19H23F3N2O/c1-2-3-4-5-6-7-14-12-23-19(24-13-14)15-8-10-16(11-9-15)25-18(22)17(20)21/h8-13,17-18H,2-7H2,1H3. The molecule has 0 aliphatic rings. The smallest absolute Gasteiger partial charge is 0.304 e. The van der Waals surface area contributed by atoms with Crippen molar-refractivity contribution < 1.29 is 17.9 Å². The fourth-order valence-corrected chi connectivity index (χ4v) is 2.43. The topological polar surface area (TPSA) is 35.0 Å². The number of benzene rings is 1. The molecule has 0 fully saturated rings. The minimum absolute atomic E-state index is 0.0419. The number of ether oxygens (including phenoxy) is 1. The number of nitrogens with zero attached hydrogens (tertiary/aromatic N) is 2. The Kier molecular flexibility index (Phi) is 7.70. The fourth-order valence-electron chi connectivity index (χ4n) is 2.43. The van der Waals surface area contributed by atoms with E-state index in [9.17, 15) is 13.2 Å². The average molecular weight is 352 g/mol. The van der Waals surface area contributed by atoms with Crippen LogP contribution in [0.4, 0.5) is 13.2 Å². The molecule has 2 rings (SSSR count). The molecule has 0 aliphatic heterocycles. The van der Waals surface area contributed by atoms with Crippen molar-refractivity contribution in [2.45, 2.75) is 58.2 Å². The molecule has 1 aromatic carbocycles. The van der Waals surface area contributed by atoms with Crippen molar-refractivity contribution in [1.29, 1.82) is 0 Å². The molecule has 0 amide bonds. The molecule has 0 saturated carbocycles. The maximum atomic E-state index is 12.9. The molecular weight excluding hydrogens is 329 g/mol. The second-order valence-corrected chi connectivity index (χ2v) is 5.91. The van der Waals surface area contributed by atoms with Crippen LogP contribution in [0.3, 0.4) is 0 Å². The molecule has 2 aromatic rings. The minimum Gasteiger partial charge on any atom is -0.454 e. The number of unbranched alkanes of at least 4 members (excludes halogenated alkanes) is 4. The molecule has 0 radical (unpaired) electrons. The fraction of sp³-hybridized carbons (Fsp3) is 0.474. The summed E-state index contributed by atoms with van der Waals surface area (Å²) in [4.78, 5) is 8.67. The van der Waals surface area contributed by atoms with E-state index < -0.39 is 12.8 Å². The van der Waals surface area contributed by atoms with Gasteiger partial charge in [0, 0.05) is 18.0 Å². The predicted octanol–water partition coefficient (Wildman–Crippen LogP) is 5.60. The molecule has 6 heteroatoms. The molecule has 1 unspecified atom stereocenters. The van der Waals surface area contributed by atoms with Crippen molar-refractivity contribution in [3.8, 4) is 17.1 Å². The number of rotatable bonds is 10. The Balaban J connectivity index is 1.89. The van der Waals surface area contributed by atoms with Crippen LogP contribution in [0.5, 0.6) is 5.75 Å². The summed E-state index contributed by atoms with van der Waals surface area (Å²) >= 11 is 0. The van der Waals surface area contributed by atoms with Gasteiger partial charge in [-0.05, 0) is 42.7 Å². The van der Waals surface area contributed by atoms with E-state index >= 15 is 0 Å². The van der Waals surface area contributed by atoms with Crippen LogP contribution in [0.25, 0.3) is 11.4 Å². The monoisotopic (exact) mass is 352 g/mol. The zero-order chi connectivity index (χ0) is 18.1. The quantitative estimate of drug-likeness (QED) is 0.522. The summed E-state index contributed by atoms with van der Waals surface area (Å²) in [6.07, 6.45) is 4.88. The molecule has 0 aliphatic carbocycles. The van der Waals surface area contributed by atoms with Crippen LogP contribution in [0.1, 0.15) is 44.6 Å². The highest BCUT2D eigenvalue weighted by molar-refractivity contribution is 5.55. The third-order valence-electron chi connectivity index (χ3n) is 3.83. The van der Waals surface area contributed by atoms with E-state index in [2.05, 4.69) is 21.6 Å². The first kappa shape index (κ1) is 19.2. The van der Waals surface area contributed by atoms with Gasteiger partial charge in [0.25, 0.3) is 6.36 Å². The average Bonchev–Trinajstić information content (AvgIpc) is 2.63. The molecule has 0 saturated heterocycles. The SMILES string of the molecule is CCCCCCCc1cnc(-c2ccc(OC(F)C(F)F)cc2)nc1. The lowest BCUT2D eigenvalue weighted by molar-refractivity contribution is -0.0668. The highest BCUT2D eigenvalue weighted by Crippen LogP contribution is 2.21. The van der Waals surface area contributed by atoms with Crippen LogP contribution in [-0.2, 0) is 6.42 Å². The number of halogens is 3. The third kappa shape index (κ3) is 6.36. The van der Waals surface area contributed by atoms with Crippen LogP contribution < -0.4 is 4.74 Å². The van der Waals surface area contributed by atoms with Crippen LogP contribution in [-0.4, -0.2) is 22.8 Å². The van der Waals surface area contributed by atoms with E-state index in [0.717, 1.165) is 18.4 Å². The summed E-state index contributed by atoms with van der Waals surface area (Å²) in [6.45, 7) is 2.19. The first-order chi connectivity index (χ1) is 12.1. The Morgan fingerprint density at radius 3 is 2.16 bits per heavy atom. The Labute approximate surface area is 146 Å². The van der Waals surface area contributed by atoms with Gasteiger partial charge >= 0.3 is 6.43 Å². The first-order valence-corrected chi connectivity index (χ1v) is 8.60. The molecule has 3 nitrogen and oxygen atoms in total. The van der Waals surface area contributed by atoms with Crippen LogP contribution >= 0.6 is 0 Å². The highest BCUT2D eigenvalue weighted by Gasteiger charge is 2.20. The molecule has 25 heavy (non-hydrogen) atoms. The van der Waals surface area contributed by atoms with Crippen molar-refractivity contribution in [2.24, 2.45) is 0 Å². The van der Waals surface area contributed by atoms with Gasteiger partial charge in [0.1, 0.15) is 5.75 Å². The molecule has 0 bridgehead atoms. The van der Waals surface area contributed by atoms with Gasteiger partial charge in [0.15, 0.2) is 5.82 Å². The summed E-state index contributed by atoms with van der Waals surface area (Å²) in [7, 11) is 0. The molecular formula is C19H23F3N2O. The normalized spacial score (nSPS) is 12.4. The zero-order valence-electron chi connectivity index (χ0n) is 14.3. The number of aromatic nitrogens is 2. The van der Waals surface area contributed by atoms with Gasteiger partial charge in [-0.15, -0.1) is 0 Å². The van der Waals surface area contributed by atoms with Gasteiger partial charge in [0.2, 0.25) is 0 Å². The molecule has 0 N–H and O–H groups in total. The summed E-state index contributed by atoms with van der Waals surface area (Å²) in [6, 6.07) is 6.09. The number of hydrogen-bond acceptors (Lipinski definition) is 3. The molecule has 1 heterocycles. The lowest BCUT2D eigenvalue weighted by atomic mass is 10.1. The summed E-state index contributed by atoms with van der Waals surface area (Å²) in [5.41, 5.74) is 1.81. The molecule has 136 valence electrons. The van der Waals surface area contributed by atoms with E-state index in [1.165, 1.54) is 37.8 Å². The lowest BCUT2D eigenvalue weighted by Gasteiger charge is -2.10. The van der Waals surface area contributed by atoms with Gasteiger partial charge in [-0.25, -0.2) is 18.7 Å². The van der Waals surface area contributed by atoms with Crippen LogP contribution in [0.2, 0.25) is 0 Å². The predicted molar refractivity (Wildman–Crippen MR) is 91.5 cm³/mol. The molecule has 1 atom stereocenters. The van der Waals surface area contributed by atoms with Crippen molar-refractivity contribution >= 4 is 0 Å². The van der Waals surface area contributed by atoms with Gasteiger partial charge < -0.3 is 4.74 Å². The second-order valence-electron chi connectivity index (χ2n) is 5.91. The molecule has 1 aromatic heterocycles. The maximum absolute atomic E-state index is 12.9. The third-order valence-corrected chi connectivity index (χ3v) is 3.83. The Morgan fingerprint density at radius 2 is 1.56 bits per heavy atom. The largest absolute Gasteiger partial charge is 0.454 e. The van der Waals surface area contributed by atoms with Crippen molar-refractivity contribution in [2.75, 3.05) is 0 Å². The first-order valence-electron chi connectivity index (χ1n) is 8.60. The van der Waals surface area contributed by atoms with Gasteiger partial charge in [-0.1, -0.05) is 32.6 Å². The van der Waals surface area contributed by atoms with E-state index in [1.807, 2.05) is 0 Å². The van der Waals surface area contributed by atoms with Gasteiger partial charge in [0.05, 0.1) is 0 Å². The zero-order valence-corrected chi connectivity index (χ0v) is 14.3. The van der Waals surface area contributed by atoms with E-state index in [-0.39, 0.29) is 5.75 Å². The van der Waals surface area contributed by atoms with Crippen molar-refractivity contribution in [3.05, 3.63) is 42.2 Å². The molecule has 0 spiro atoms. The number of aryl methyl sites for hydroxylation is 1. The lowest BCUT2D eigenvalue weighted by Crippen LogP contribution is -2.19. The van der Waals surface area contributed by atoms with Crippen LogP contribution in [0.15, 0.2) is 36.7 Å². The van der Waals surface area contributed by atoms with E-state index in [0.29, 0.717) is 11.4 Å². The maximum Gasteiger partial charge on any atom is 0.304 e. The van der Waals surface area contributed by atoms with E-state index in [1.54, 1.807) is 24.5 Å². The Morgan fingerprint density at radius 1 is 0.920 bits per heavy atom. The van der Waals surface area contributed by atoms with Crippen LogP contribution in [0, 0.1) is 0 Å². The summed E-state index contributed by atoms with van der Waals surface area (Å²) in [5.74, 6) is 0.576. The van der Waals surface area contributed by atoms with Crippen molar-refractivity contribution in [3.63, 3.8) is 0 Å². The Hall–Kier alpha value is -2.11. The number of alkyl halides is 3. The van der Waals surface area contributed by atoms with Crippen molar-refractivity contribution in [1.82, 2.24) is 9.97 Å². The second kappa shape index (κ2) is 10.0. The minimum atomic E-state index is -3.17. The van der Waals surface area contributed by atoms with Gasteiger partial charge in [-0.2, -0.15) is 4.39 Å². The summed E-state index contributed by atoms with van der Waals surface area (Å²) in [5, 5.41) is 0. The Bertz CT molecular complexity index is 618.